The van der Waals surface area contributed by atoms with Crippen LogP contribution in [0, 0.1) is 11.3 Å². The number of hydrogen-bond donors (Lipinski definition) is 1. The standard InChI is InChI=1S/C17H16N2O/c1-12(2)19-17(20)16(11-18)10-13-7-8-14-5-3-4-6-15(14)9-13/h3-10,12H,1-2H3,(H,19,20)/b16-10-. The maximum atomic E-state index is 11.9. The van der Waals surface area contributed by atoms with Crippen LogP contribution in [0.25, 0.3) is 16.8 Å². The molecule has 2 aromatic rings. The van der Waals surface area contributed by atoms with Gasteiger partial charge >= 0.3 is 0 Å². The number of carbonyl (C=O) groups excluding carboxylic acids is 1. The van der Waals surface area contributed by atoms with Crippen molar-refractivity contribution in [1.29, 1.82) is 5.26 Å². The van der Waals surface area contributed by atoms with Crippen LogP contribution in [0.5, 0.6) is 0 Å². The van der Waals surface area contributed by atoms with Gasteiger partial charge in [-0.15, -0.1) is 0 Å². The normalized spacial score (nSPS) is 11.4. The number of nitrogens with one attached hydrogen (secondary N) is 1. The molecule has 2 aromatic carbocycles. The van der Waals surface area contributed by atoms with Crippen LogP contribution in [-0.4, -0.2) is 11.9 Å². The molecule has 0 aliphatic heterocycles. The molecule has 2 rings (SSSR count). The van der Waals surface area contributed by atoms with Gasteiger partial charge in [0, 0.05) is 6.04 Å². The van der Waals surface area contributed by atoms with Crippen molar-refractivity contribution >= 4 is 22.8 Å². The predicted molar refractivity (Wildman–Crippen MR) is 80.8 cm³/mol. The molecule has 0 aromatic heterocycles. The quantitative estimate of drug-likeness (QED) is 0.683. The van der Waals surface area contributed by atoms with Crippen LogP contribution in [0.1, 0.15) is 19.4 Å². The molecular formula is C17H16N2O. The summed E-state index contributed by atoms with van der Waals surface area (Å²) in [5.74, 6) is -0.337. The number of hydrogen-bond acceptors (Lipinski definition) is 2. The van der Waals surface area contributed by atoms with E-state index in [4.69, 9.17) is 5.26 Å². The average Bonchev–Trinajstić information content (AvgIpc) is 2.43. The molecule has 20 heavy (non-hydrogen) atoms. The number of carbonyl (C=O) groups is 1. The van der Waals surface area contributed by atoms with Crippen molar-refractivity contribution in [2.24, 2.45) is 0 Å². The second-order valence-corrected chi connectivity index (χ2v) is 4.90. The molecule has 0 heterocycles. The summed E-state index contributed by atoms with van der Waals surface area (Å²) >= 11 is 0. The summed E-state index contributed by atoms with van der Waals surface area (Å²) in [7, 11) is 0. The number of amides is 1. The highest BCUT2D eigenvalue weighted by Crippen LogP contribution is 2.17. The summed E-state index contributed by atoms with van der Waals surface area (Å²) in [6, 6.07) is 15.8. The average molecular weight is 264 g/mol. The fourth-order valence-electron chi connectivity index (χ4n) is 1.95. The molecular weight excluding hydrogens is 248 g/mol. The van der Waals surface area contributed by atoms with E-state index in [1.165, 1.54) is 0 Å². The van der Waals surface area contributed by atoms with Gasteiger partial charge in [-0.3, -0.25) is 4.79 Å². The van der Waals surface area contributed by atoms with Crippen molar-refractivity contribution in [1.82, 2.24) is 5.32 Å². The third-order valence-electron chi connectivity index (χ3n) is 2.87. The van der Waals surface area contributed by atoms with Gasteiger partial charge in [0.15, 0.2) is 0 Å². The maximum absolute atomic E-state index is 11.9. The Morgan fingerprint density at radius 3 is 2.55 bits per heavy atom. The molecule has 0 saturated heterocycles. The summed E-state index contributed by atoms with van der Waals surface area (Å²) in [6.07, 6.45) is 1.62. The fraction of sp³-hybridized carbons (Fsp3) is 0.176. The van der Waals surface area contributed by atoms with Gasteiger partial charge in [0.25, 0.3) is 5.91 Å². The maximum Gasteiger partial charge on any atom is 0.262 e. The molecule has 0 radical (unpaired) electrons. The van der Waals surface area contributed by atoms with E-state index >= 15 is 0 Å². The summed E-state index contributed by atoms with van der Waals surface area (Å²) < 4.78 is 0. The Morgan fingerprint density at radius 2 is 1.90 bits per heavy atom. The largest absolute Gasteiger partial charge is 0.349 e. The van der Waals surface area contributed by atoms with Crippen LogP contribution in [0.4, 0.5) is 0 Å². The lowest BCUT2D eigenvalue weighted by Crippen LogP contribution is -2.30. The second kappa shape index (κ2) is 6.03. The first-order chi connectivity index (χ1) is 9.60. The van der Waals surface area contributed by atoms with E-state index in [2.05, 4.69) is 5.32 Å². The lowest BCUT2D eigenvalue weighted by Gasteiger charge is -2.07. The van der Waals surface area contributed by atoms with Crippen LogP contribution in [-0.2, 0) is 4.79 Å². The SMILES string of the molecule is CC(C)NC(=O)/C(C#N)=C\c1ccc2ccccc2c1. The van der Waals surface area contributed by atoms with Crippen LogP contribution in [0.3, 0.4) is 0 Å². The number of fused-ring (bicyclic) bond motifs is 1. The van der Waals surface area contributed by atoms with E-state index in [9.17, 15) is 4.79 Å². The molecule has 0 spiro atoms. The second-order valence-electron chi connectivity index (χ2n) is 4.90. The molecule has 0 fully saturated rings. The van der Waals surface area contributed by atoms with E-state index in [1.54, 1.807) is 6.08 Å². The molecule has 1 amide bonds. The first-order valence-electron chi connectivity index (χ1n) is 6.51. The molecule has 0 aliphatic carbocycles. The fourth-order valence-corrected chi connectivity index (χ4v) is 1.95. The van der Waals surface area contributed by atoms with Gasteiger partial charge in [0.05, 0.1) is 0 Å². The molecule has 0 atom stereocenters. The predicted octanol–water partition coefficient (Wildman–Crippen LogP) is 3.27. The van der Waals surface area contributed by atoms with Gasteiger partial charge in [-0.25, -0.2) is 0 Å². The van der Waals surface area contributed by atoms with Crippen molar-refractivity contribution < 1.29 is 4.79 Å². The van der Waals surface area contributed by atoms with Gasteiger partial charge in [-0.2, -0.15) is 5.26 Å². The molecule has 0 bridgehead atoms. The van der Waals surface area contributed by atoms with Crippen LogP contribution >= 0.6 is 0 Å². The van der Waals surface area contributed by atoms with Crippen LogP contribution < -0.4 is 5.32 Å². The third-order valence-corrected chi connectivity index (χ3v) is 2.87. The van der Waals surface area contributed by atoms with E-state index < -0.39 is 0 Å². The Hall–Kier alpha value is -2.60. The topological polar surface area (TPSA) is 52.9 Å². The van der Waals surface area contributed by atoms with E-state index in [1.807, 2.05) is 62.4 Å². The molecule has 100 valence electrons. The smallest absolute Gasteiger partial charge is 0.262 e. The van der Waals surface area contributed by atoms with Gasteiger partial charge in [-0.05, 0) is 42.3 Å². The molecule has 3 heteroatoms. The monoisotopic (exact) mass is 264 g/mol. The molecule has 3 nitrogen and oxygen atoms in total. The minimum atomic E-state index is -0.337. The minimum Gasteiger partial charge on any atom is -0.349 e. The lowest BCUT2D eigenvalue weighted by molar-refractivity contribution is -0.117. The third kappa shape index (κ3) is 3.24. The summed E-state index contributed by atoms with van der Waals surface area (Å²) in [5, 5.41) is 14.0. The van der Waals surface area contributed by atoms with E-state index in [0.717, 1.165) is 16.3 Å². The lowest BCUT2D eigenvalue weighted by atomic mass is 10.0. The van der Waals surface area contributed by atoms with Crippen molar-refractivity contribution in [3.05, 3.63) is 53.6 Å². The molecule has 0 saturated carbocycles. The van der Waals surface area contributed by atoms with Crippen molar-refractivity contribution in [2.45, 2.75) is 19.9 Å². The summed E-state index contributed by atoms with van der Waals surface area (Å²) in [4.78, 5) is 11.9. The van der Waals surface area contributed by atoms with Gasteiger partial charge in [0.1, 0.15) is 11.6 Å². The van der Waals surface area contributed by atoms with Crippen LogP contribution in [0.15, 0.2) is 48.0 Å². The Labute approximate surface area is 118 Å². The molecule has 0 unspecified atom stereocenters. The Bertz CT molecular complexity index is 708. The van der Waals surface area contributed by atoms with Crippen molar-refractivity contribution in [3.8, 4) is 6.07 Å². The van der Waals surface area contributed by atoms with E-state index in [-0.39, 0.29) is 17.5 Å². The Morgan fingerprint density at radius 1 is 1.20 bits per heavy atom. The highest BCUT2D eigenvalue weighted by Gasteiger charge is 2.09. The zero-order valence-corrected chi connectivity index (χ0v) is 11.6. The van der Waals surface area contributed by atoms with Crippen molar-refractivity contribution in [2.75, 3.05) is 0 Å². The zero-order chi connectivity index (χ0) is 14.5. The van der Waals surface area contributed by atoms with Gasteiger partial charge < -0.3 is 5.32 Å². The summed E-state index contributed by atoms with van der Waals surface area (Å²) in [5.41, 5.74) is 0.966. The number of rotatable bonds is 3. The first kappa shape index (κ1) is 13.8. The first-order valence-corrected chi connectivity index (χ1v) is 6.51. The zero-order valence-electron chi connectivity index (χ0n) is 11.6. The Balaban J connectivity index is 2.35. The molecule has 1 N–H and O–H groups in total. The highest BCUT2D eigenvalue weighted by molar-refractivity contribution is 6.02. The molecule has 0 aliphatic rings. The number of nitrogens with zero attached hydrogens (tertiary/aromatic N) is 1. The number of benzene rings is 2. The van der Waals surface area contributed by atoms with Crippen molar-refractivity contribution in [3.63, 3.8) is 0 Å². The van der Waals surface area contributed by atoms with Gasteiger partial charge in [-0.1, -0.05) is 36.4 Å². The van der Waals surface area contributed by atoms with Crippen LogP contribution in [0.2, 0.25) is 0 Å². The Kier molecular flexibility index (Phi) is 4.17. The van der Waals surface area contributed by atoms with Gasteiger partial charge in [0.2, 0.25) is 0 Å². The summed E-state index contributed by atoms with van der Waals surface area (Å²) in [6.45, 7) is 3.73. The van der Waals surface area contributed by atoms with E-state index in [0.29, 0.717) is 0 Å². The minimum absolute atomic E-state index is 0.0100. The highest BCUT2D eigenvalue weighted by atomic mass is 16.1. The number of nitriles is 1.